The van der Waals surface area contributed by atoms with Crippen molar-refractivity contribution in [3.63, 3.8) is 0 Å². The van der Waals surface area contributed by atoms with Crippen molar-refractivity contribution in [3.8, 4) is 0 Å². The maximum atomic E-state index is 11.2. The number of sulfone groups is 1. The van der Waals surface area contributed by atoms with Crippen molar-refractivity contribution < 1.29 is 13.5 Å². The van der Waals surface area contributed by atoms with E-state index in [9.17, 15) is 13.5 Å². The summed E-state index contributed by atoms with van der Waals surface area (Å²) in [5.74, 6) is 0.0303. The second kappa shape index (κ2) is 4.59. The van der Waals surface area contributed by atoms with Crippen LogP contribution in [0.4, 0.5) is 0 Å². The first-order valence-corrected chi connectivity index (χ1v) is 6.87. The van der Waals surface area contributed by atoms with Gasteiger partial charge in [0.1, 0.15) is 0 Å². The van der Waals surface area contributed by atoms with E-state index in [-0.39, 0.29) is 17.5 Å². The lowest BCUT2D eigenvalue weighted by Gasteiger charge is -2.25. The highest BCUT2D eigenvalue weighted by molar-refractivity contribution is 7.91. The number of aliphatic hydroxyl groups excluding tert-OH is 1. The minimum atomic E-state index is -3.01. The molecule has 14 heavy (non-hydrogen) atoms. The monoisotopic (exact) mass is 221 g/mol. The number of rotatable bonds is 4. The number of hydrogen-bond donors (Lipinski definition) is 1. The fourth-order valence-corrected chi connectivity index (χ4v) is 3.68. The first kappa shape index (κ1) is 11.9. The van der Waals surface area contributed by atoms with Gasteiger partial charge in [0.25, 0.3) is 0 Å². The van der Waals surface area contributed by atoms with Gasteiger partial charge in [-0.25, -0.2) is 8.42 Å². The summed E-state index contributed by atoms with van der Waals surface area (Å²) in [5.41, 5.74) is 0. The molecular formula is C9H19NO3S. The van der Waals surface area contributed by atoms with Crippen LogP contribution < -0.4 is 0 Å². The van der Waals surface area contributed by atoms with Gasteiger partial charge in [0.2, 0.25) is 0 Å². The maximum Gasteiger partial charge on any atom is 0.154 e. The van der Waals surface area contributed by atoms with Crippen molar-refractivity contribution in [2.24, 2.45) is 0 Å². The lowest BCUT2D eigenvalue weighted by Crippen LogP contribution is -2.40. The zero-order valence-electron chi connectivity index (χ0n) is 8.81. The summed E-state index contributed by atoms with van der Waals surface area (Å²) in [6.45, 7) is 2.95. The molecule has 0 aromatic rings. The van der Waals surface area contributed by atoms with Crippen molar-refractivity contribution in [2.75, 3.05) is 25.1 Å². The summed E-state index contributed by atoms with van der Waals surface area (Å²) >= 11 is 0. The van der Waals surface area contributed by atoms with Gasteiger partial charge in [-0.3, -0.25) is 4.90 Å². The van der Waals surface area contributed by atoms with Gasteiger partial charge in [0.05, 0.1) is 23.7 Å². The molecule has 1 N–H and O–H groups in total. The molecule has 0 aromatic carbocycles. The highest BCUT2D eigenvalue weighted by Gasteiger charge is 2.38. The van der Waals surface area contributed by atoms with Crippen LogP contribution in [-0.2, 0) is 9.84 Å². The standard InChI is InChI=1S/C9H19NO3S/c1-3-4-5-10(2)8-6-14(12,13)7-9(8)11/h8-9,11H,3-7H2,1-2H3/t8-,9-/m1/s1. The van der Waals surface area contributed by atoms with E-state index in [0.717, 1.165) is 19.4 Å². The van der Waals surface area contributed by atoms with Gasteiger partial charge >= 0.3 is 0 Å². The second-order valence-electron chi connectivity index (χ2n) is 4.05. The van der Waals surface area contributed by atoms with Crippen molar-refractivity contribution in [1.29, 1.82) is 0 Å². The minimum Gasteiger partial charge on any atom is -0.390 e. The molecule has 1 rings (SSSR count). The van der Waals surface area contributed by atoms with Crippen LogP contribution in [0.3, 0.4) is 0 Å². The second-order valence-corrected chi connectivity index (χ2v) is 6.20. The lowest BCUT2D eigenvalue weighted by atomic mass is 10.2. The average molecular weight is 221 g/mol. The summed E-state index contributed by atoms with van der Waals surface area (Å²) in [5, 5.41) is 9.57. The smallest absolute Gasteiger partial charge is 0.154 e. The van der Waals surface area contributed by atoms with E-state index in [1.54, 1.807) is 0 Å². The lowest BCUT2D eigenvalue weighted by molar-refractivity contribution is 0.0990. The Hall–Kier alpha value is -0.130. The molecule has 0 spiro atoms. The molecule has 2 atom stereocenters. The molecule has 5 heteroatoms. The largest absolute Gasteiger partial charge is 0.390 e. The van der Waals surface area contributed by atoms with Gasteiger partial charge in [-0.05, 0) is 20.0 Å². The molecule has 0 aromatic heterocycles. The third kappa shape index (κ3) is 2.93. The predicted octanol–water partition coefficient (Wildman–Crippen LogP) is -0.124. The van der Waals surface area contributed by atoms with Crippen molar-refractivity contribution in [2.45, 2.75) is 31.9 Å². The van der Waals surface area contributed by atoms with Crippen LogP contribution in [0.1, 0.15) is 19.8 Å². The van der Waals surface area contributed by atoms with Crippen molar-refractivity contribution in [3.05, 3.63) is 0 Å². The highest BCUT2D eigenvalue weighted by atomic mass is 32.2. The topological polar surface area (TPSA) is 57.6 Å². The minimum absolute atomic E-state index is 0.0753. The van der Waals surface area contributed by atoms with Crippen LogP contribution in [0.5, 0.6) is 0 Å². The third-order valence-electron chi connectivity index (χ3n) is 2.72. The van der Waals surface area contributed by atoms with Crippen LogP contribution in [0.2, 0.25) is 0 Å². The van der Waals surface area contributed by atoms with E-state index < -0.39 is 15.9 Å². The molecule has 0 saturated carbocycles. The van der Waals surface area contributed by atoms with Crippen LogP contribution in [-0.4, -0.2) is 55.7 Å². The predicted molar refractivity (Wildman–Crippen MR) is 56.0 cm³/mol. The fourth-order valence-electron chi connectivity index (χ4n) is 1.80. The van der Waals surface area contributed by atoms with Crippen LogP contribution in [0.15, 0.2) is 0 Å². The molecule has 84 valence electrons. The molecule has 1 heterocycles. The number of nitrogens with zero attached hydrogens (tertiary/aromatic N) is 1. The zero-order chi connectivity index (χ0) is 10.8. The summed E-state index contributed by atoms with van der Waals surface area (Å²) in [6, 6.07) is -0.202. The molecule has 4 nitrogen and oxygen atoms in total. The van der Waals surface area contributed by atoms with Gasteiger partial charge in [-0.1, -0.05) is 13.3 Å². The summed E-state index contributed by atoms with van der Waals surface area (Å²) < 4.78 is 22.5. The van der Waals surface area contributed by atoms with E-state index in [0.29, 0.717) is 0 Å². The number of hydrogen-bond acceptors (Lipinski definition) is 4. The summed E-state index contributed by atoms with van der Waals surface area (Å²) in [6.07, 6.45) is 1.42. The normalized spacial score (nSPS) is 31.1. The Morgan fingerprint density at radius 1 is 1.43 bits per heavy atom. The quantitative estimate of drug-likeness (QED) is 0.719. The SMILES string of the molecule is CCCCN(C)[C@@H]1CS(=O)(=O)C[C@H]1O. The Labute approximate surface area is 85.8 Å². The first-order chi connectivity index (χ1) is 6.46. The highest BCUT2D eigenvalue weighted by Crippen LogP contribution is 2.17. The average Bonchev–Trinajstić information content (AvgIpc) is 2.35. The third-order valence-corrected chi connectivity index (χ3v) is 4.42. The maximum absolute atomic E-state index is 11.2. The molecular weight excluding hydrogens is 202 g/mol. The van der Waals surface area contributed by atoms with Crippen molar-refractivity contribution >= 4 is 9.84 Å². The van der Waals surface area contributed by atoms with Gasteiger partial charge in [-0.15, -0.1) is 0 Å². The molecule has 1 saturated heterocycles. The molecule has 0 bridgehead atoms. The number of likely N-dealkylation sites (N-methyl/N-ethyl adjacent to an activating group) is 1. The van der Waals surface area contributed by atoms with Gasteiger partial charge in [-0.2, -0.15) is 0 Å². The van der Waals surface area contributed by atoms with E-state index in [4.69, 9.17) is 0 Å². The van der Waals surface area contributed by atoms with Crippen LogP contribution >= 0.6 is 0 Å². The Morgan fingerprint density at radius 3 is 2.50 bits per heavy atom. The molecule has 0 aliphatic carbocycles. The van der Waals surface area contributed by atoms with Gasteiger partial charge in [0, 0.05) is 0 Å². The molecule has 1 fully saturated rings. The van der Waals surface area contributed by atoms with Crippen LogP contribution in [0, 0.1) is 0 Å². The number of aliphatic hydroxyl groups is 1. The van der Waals surface area contributed by atoms with E-state index in [1.165, 1.54) is 0 Å². The van der Waals surface area contributed by atoms with Gasteiger partial charge < -0.3 is 5.11 Å². The summed E-state index contributed by atoms with van der Waals surface area (Å²) in [4.78, 5) is 1.96. The van der Waals surface area contributed by atoms with Crippen molar-refractivity contribution in [1.82, 2.24) is 4.90 Å². The Bertz CT molecular complexity index is 276. The van der Waals surface area contributed by atoms with E-state index >= 15 is 0 Å². The first-order valence-electron chi connectivity index (χ1n) is 5.05. The number of unbranched alkanes of at least 4 members (excludes halogenated alkanes) is 1. The Kier molecular flexibility index (Phi) is 3.92. The Morgan fingerprint density at radius 2 is 2.07 bits per heavy atom. The van der Waals surface area contributed by atoms with Crippen LogP contribution in [0.25, 0.3) is 0 Å². The van der Waals surface area contributed by atoms with E-state index in [1.807, 2.05) is 11.9 Å². The molecule has 1 aliphatic heterocycles. The molecule has 1 aliphatic rings. The molecule has 0 radical (unpaired) electrons. The van der Waals surface area contributed by atoms with E-state index in [2.05, 4.69) is 6.92 Å². The molecule has 0 unspecified atom stereocenters. The fraction of sp³-hybridized carbons (Fsp3) is 1.00. The zero-order valence-corrected chi connectivity index (χ0v) is 9.63. The Balaban J connectivity index is 2.52. The molecule has 0 amide bonds. The summed E-state index contributed by atoms with van der Waals surface area (Å²) in [7, 11) is -1.13. The van der Waals surface area contributed by atoms with Gasteiger partial charge in [0.15, 0.2) is 9.84 Å².